The second-order valence-corrected chi connectivity index (χ2v) is 7.89. The average molecular weight is 349 g/mol. The molecular formula is C20H22F3NO. The van der Waals surface area contributed by atoms with Gasteiger partial charge in [0.25, 0.3) is 0 Å². The van der Waals surface area contributed by atoms with Gasteiger partial charge in [0.2, 0.25) is 0 Å². The zero-order chi connectivity index (χ0) is 18.0. The van der Waals surface area contributed by atoms with E-state index in [9.17, 15) is 18.0 Å². The van der Waals surface area contributed by atoms with Gasteiger partial charge in [0.15, 0.2) is 0 Å². The molecule has 4 rings (SSSR count). The van der Waals surface area contributed by atoms with Crippen molar-refractivity contribution in [2.24, 2.45) is 11.3 Å². The summed E-state index contributed by atoms with van der Waals surface area (Å²) in [6, 6.07) is 5.57. The maximum Gasteiger partial charge on any atom is 0.416 e. The molecule has 0 aromatic heterocycles. The molecule has 1 aromatic carbocycles. The van der Waals surface area contributed by atoms with Crippen molar-refractivity contribution in [3.05, 3.63) is 41.5 Å². The van der Waals surface area contributed by atoms with Gasteiger partial charge in [-0.15, -0.1) is 0 Å². The molecule has 1 aromatic rings. The van der Waals surface area contributed by atoms with Crippen molar-refractivity contribution in [1.29, 1.82) is 0 Å². The van der Waals surface area contributed by atoms with Crippen molar-refractivity contribution in [3.8, 4) is 0 Å². The molecule has 3 aliphatic carbocycles. The molecule has 0 heterocycles. The quantitative estimate of drug-likeness (QED) is 0.781. The summed E-state index contributed by atoms with van der Waals surface area (Å²) in [5.74, 6) is 0.447. The number of halogens is 3. The van der Waals surface area contributed by atoms with E-state index in [0.717, 1.165) is 37.3 Å². The number of likely N-dealkylation sites (N-methyl/N-ethyl adjacent to an activating group) is 1. The first kappa shape index (κ1) is 16.8. The first-order valence-electron chi connectivity index (χ1n) is 8.83. The molecule has 0 radical (unpaired) electrons. The number of allylic oxidation sites excluding steroid dienone is 1. The number of Topliss-reactive ketones (excluding diaryl/α,β-unsaturated/α-hetero) is 1. The molecule has 25 heavy (non-hydrogen) atoms. The van der Waals surface area contributed by atoms with Gasteiger partial charge in [0, 0.05) is 6.42 Å². The maximum atomic E-state index is 13.2. The molecule has 5 heteroatoms. The van der Waals surface area contributed by atoms with Crippen LogP contribution in [0.4, 0.5) is 13.2 Å². The minimum Gasteiger partial charge on any atom is -0.299 e. The van der Waals surface area contributed by atoms with Crippen molar-refractivity contribution < 1.29 is 18.0 Å². The number of hydrogen-bond acceptors (Lipinski definition) is 2. The van der Waals surface area contributed by atoms with Crippen LogP contribution in [0.3, 0.4) is 0 Å². The maximum absolute atomic E-state index is 13.2. The van der Waals surface area contributed by atoms with Gasteiger partial charge in [-0.2, -0.15) is 13.2 Å². The predicted octanol–water partition coefficient (Wildman–Crippen LogP) is 4.55. The minimum atomic E-state index is -4.36. The van der Waals surface area contributed by atoms with Crippen LogP contribution in [0.1, 0.15) is 43.2 Å². The van der Waals surface area contributed by atoms with E-state index < -0.39 is 22.7 Å². The van der Waals surface area contributed by atoms with Gasteiger partial charge in [-0.1, -0.05) is 31.1 Å². The molecule has 0 spiro atoms. The molecule has 3 atom stereocenters. The summed E-state index contributed by atoms with van der Waals surface area (Å²) in [5.41, 5.74) is -0.0531. The Hall–Kier alpha value is -1.62. The van der Waals surface area contributed by atoms with Crippen molar-refractivity contribution in [2.75, 3.05) is 14.1 Å². The Kier molecular flexibility index (Phi) is 3.50. The van der Waals surface area contributed by atoms with Crippen LogP contribution in [0.2, 0.25) is 0 Å². The fraction of sp³-hybridized carbons (Fsp3) is 0.550. The summed E-state index contributed by atoms with van der Waals surface area (Å²) < 4.78 is 39.5. The van der Waals surface area contributed by atoms with Crippen molar-refractivity contribution in [1.82, 2.24) is 4.90 Å². The average Bonchev–Trinajstić information content (AvgIpc) is 3.01. The molecule has 0 unspecified atom stereocenters. The van der Waals surface area contributed by atoms with Crippen LogP contribution in [-0.4, -0.2) is 30.3 Å². The van der Waals surface area contributed by atoms with E-state index in [1.165, 1.54) is 12.1 Å². The van der Waals surface area contributed by atoms with E-state index >= 15 is 0 Å². The minimum absolute atomic E-state index is 0.181. The summed E-state index contributed by atoms with van der Waals surface area (Å²) in [5, 5.41) is 0. The molecule has 134 valence electrons. The second kappa shape index (κ2) is 5.19. The summed E-state index contributed by atoms with van der Waals surface area (Å²) in [7, 11) is 3.90. The van der Waals surface area contributed by atoms with Gasteiger partial charge in [-0.05, 0) is 56.1 Å². The molecule has 0 aliphatic heterocycles. The van der Waals surface area contributed by atoms with Crippen LogP contribution >= 0.6 is 0 Å². The molecule has 0 amide bonds. The smallest absolute Gasteiger partial charge is 0.299 e. The summed E-state index contributed by atoms with van der Waals surface area (Å²) >= 11 is 0. The third-order valence-electron chi connectivity index (χ3n) is 6.65. The van der Waals surface area contributed by atoms with E-state index in [2.05, 4.69) is 4.90 Å². The molecule has 2 fully saturated rings. The van der Waals surface area contributed by atoms with Gasteiger partial charge in [0.05, 0.1) is 16.5 Å². The van der Waals surface area contributed by atoms with E-state index in [4.69, 9.17) is 0 Å². The van der Waals surface area contributed by atoms with Gasteiger partial charge in [-0.3, -0.25) is 9.69 Å². The number of nitrogens with zero attached hydrogens (tertiary/aromatic N) is 1. The zero-order valence-corrected chi connectivity index (χ0v) is 14.5. The van der Waals surface area contributed by atoms with Gasteiger partial charge >= 0.3 is 6.18 Å². The van der Waals surface area contributed by atoms with Crippen molar-refractivity contribution in [2.45, 2.75) is 43.8 Å². The number of ketones is 1. The van der Waals surface area contributed by atoms with Crippen LogP contribution in [0.5, 0.6) is 0 Å². The largest absolute Gasteiger partial charge is 0.416 e. The molecule has 2 saturated carbocycles. The Balaban J connectivity index is 1.89. The van der Waals surface area contributed by atoms with Gasteiger partial charge in [0.1, 0.15) is 5.78 Å². The highest BCUT2D eigenvalue weighted by molar-refractivity contribution is 6.01. The predicted molar refractivity (Wildman–Crippen MR) is 89.9 cm³/mol. The zero-order valence-electron chi connectivity index (χ0n) is 14.5. The lowest BCUT2D eigenvalue weighted by Crippen LogP contribution is -2.48. The lowest BCUT2D eigenvalue weighted by Gasteiger charge is -2.43. The highest BCUT2D eigenvalue weighted by atomic mass is 19.4. The number of rotatable bonds is 2. The fourth-order valence-electron chi connectivity index (χ4n) is 5.55. The molecular weight excluding hydrogens is 327 g/mol. The first-order chi connectivity index (χ1) is 11.7. The van der Waals surface area contributed by atoms with Crippen LogP contribution in [0, 0.1) is 11.3 Å². The van der Waals surface area contributed by atoms with Crippen LogP contribution in [0.25, 0.3) is 5.57 Å². The van der Waals surface area contributed by atoms with Crippen LogP contribution in [0.15, 0.2) is 30.3 Å². The second-order valence-electron chi connectivity index (χ2n) is 7.89. The lowest BCUT2D eigenvalue weighted by atomic mass is 9.68. The Morgan fingerprint density at radius 1 is 1.20 bits per heavy atom. The third kappa shape index (κ3) is 2.11. The number of hydrogen-bond donors (Lipinski definition) is 0. The third-order valence-corrected chi connectivity index (χ3v) is 6.65. The lowest BCUT2D eigenvalue weighted by molar-refractivity contribution is -0.137. The number of carbonyl (C=O) groups is 1. The van der Waals surface area contributed by atoms with E-state index in [0.29, 0.717) is 12.0 Å². The molecule has 0 N–H and O–H groups in total. The Morgan fingerprint density at radius 3 is 2.64 bits per heavy atom. The van der Waals surface area contributed by atoms with E-state index in [1.807, 2.05) is 20.2 Å². The standard InChI is InChI=1S/C20H22F3NO/c1-24(2)19-12-17(25)18(9-4-3-8-16(18)19)11-15(19)13-6-5-7-14(10-13)20(21,22)23/h5-7,10-11,16H,3-4,8-9,12H2,1-2H3/t16-,18-,19-/m1/s1. The fourth-order valence-corrected chi connectivity index (χ4v) is 5.55. The summed E-state index contributed by atoms with van der Waals surface area (Å²) in [6.07, 6.45) is 1.96. The van der Waals surface area contributed by atoms with Gasteiger partial charge in [-0.25, -0.2) is 0 Å². The summed E-state index contributed by atoms with van der Waals surface area (Å²) in [4.78, 5) is 14.9. The Bertz CT molecular complexity index is 766. The Labute approximate surface area is 145 Å². The van der Waals surface area contributed by atoms with E-state index in [-0.39, 0.29) is 11.7 Å². The molecule has 0 saturated heterocycles. The van der Waals surface area contributed by atoms with Crippen molar-refractivity contribution in [3.63, 3.8) is 0 Å². The molecule has 2 nitrogen and oxygen atoms in total. The summed E-state index contributed by atoms with van der Waals surface area (Å²) in [6.45, 7) is 0. The normalized spacial score (nSPS) is 34.4. The number of carbonyl (C=O) groups excluding carboxylic acids is 1. The number of alkyl halides is 3. The molecule has 3 aliphatic rings. The van der Waals surface area contributed by atoms with Crippen LogP contribution < -0.4 is 0 Å². The topological polar surface area (TPSA) is 20.3 Å². The van der Waals surface area contributed by atoms with Crippen molar-refractivity contribution >= 4 is 11.4 Å². The molecule has 2 bridgehead atoms. The SMILES string of the molecule is CN(C)[C@]12CC(=O)[C@@]3(C=C1c1cccc(C(F)(F)F)c1)CCCC[C@H]32. The van der Waals surface area contributed by atoms with Crippen LogP contribution in [-0.2, 0) is 11.0 Å². The number of benzene rings is 1. The monoisotopic (exact) mass is 349 g/mol. The van der Waals surface area contributed by atoms with E-state index in [1.54, 1.807) is 6.07 Å². The van der Waals surface area contributed by atoms with Gasteiger partial charge < -0.3 is 0 Å². The highest BCUT2D eigenvalue weighted by Crippen LogP contribution is 2.66. The highest BCUT2D eigenvalue weighted by Gasteiger charge is 2.68. The Morgan fingerprint density at radius 2 is 1.96 bits per heavy atom. The first-order valence-corrected chi connectivity index (χ1v) is 8.83.